The molecular weight excluding hydrogens is 659 g/mol. The van der Waals surface area contributed by atoms with Gasteiger partial charge in [-0.25, -0.2) is 0 Å². The van der Waals surface area contributed by atoms with Crippen molar-refractivity contribution in [3.05, 3.63) is 187 Å². The average Bonchev–Trinajstić information content (AvgIpc) is 3.85. The number of para-hydroxylation sites is 1. The summed E-state index contributed by atoms with van der Waals surface area (Å²) < 4.78 is 13.5. The number of hydrogen-bond donors (Lipinski definition) is 0. The van der Waals surface area contributed by atoms with E-state index in [4.69, 9.17) is 8.83 Å². The van der Waals surface area contributed by atoms with E-state index < -0.39 is 0 Å². The third-order valence-corrected chi connectivity index (χ3v) is 11.5. The predicted molar refractivity (Wildman–Crippen MR) is 224 cm³/mol. The molecule has 0 unspecified atom stereocenters. The van der Waals surface area contributed by atoms with Gasteiger partial charge < -0.3 is 13.7 Å². The Bertz CT molecular complexity index is 3060. The maximum atomic E-state index is 6.97. The van der Waals surface area contributed by atoms with Crippen molar-refractivity contribution in [2.45, 2.75) is 19.3 Å². The molecule has 3 nitrogen and oxygen atoms in total. The monoisotopic (exact) mass is 693 g/mol. The fraction of sp³-hybridized carbons (Fsp3) is 0.0588. The number of furan rings is 2. The van der Waals surface area contributed by atoms with Gasteiger partial charge in [0.1, 0.15) is 16.7 Å². The molecule has 0 fully saturated rings. The van der Waals surface area contributed by atoms with E-state index >= 15 is 0 Å². The highest BCUT2D eigenvalue weighted by Crippen LogP contribution is 2.51. The molecule has 11 rings (SSSR count). The Morgan fingerprint density at radius 1 is 0.407 bits per heavy atom. The minimum atomic E-state index is -0.133. The molecule has 1 aliphatic carbocycles. The van der Waals surface area contributed by atoms with Crippen LogP contribution >= 0.6 is 0 Å². The molecule has 0 bridgehead atoms. The minimum Gasteiger partial charge on any atom is -0.456 e. The summed E-state index contributed by atoms with van der Waals surface area (Å²) in [5, 5.41) is 4.23. The van der Waals surface area contributed by atoms with Gasteiger partial charge in [-0.3, -0.25) is 0 Å². The van der Waals surface area contributed by atoms with E-state index in [0.29, 0.717) is 0 Å². The van der Waals surface area contributed by atoms with Crippen LogP contribution in [-0.2, 0) is 5.41 Å². The lowest BCUT2D eigenvalue weighted by molar-refractivity contribution is 0.660. The van der Waals surface area contributed by atoms with Crippen LogP contribution in [0.15, 0.2) is 185 Å². The van der Waals surface area contributed by atoms with Gasteiger partial charge >= 0.3 is 0 Å². The van der Waals surface area contributed by atoms with Crippen LogP contribution in [-0.4, -0.2) is 0 Å². The molecule has 0 saturated carbocycles. The number of nitrogens with zero attached hydrogens (tertiary/aromatic N) is 1. The zero-order chi connectivity index (χ0) is 36.0. The van der Waals surface area contributed by atoms with Crippen molar-refractivity contribution in [1.29, 1.82) is 0 Å². The Labute approximate surface area is 313 Å². The summed E-state index contributed by atoms with van der Waals surface area (Å²) in [5.41, 5.74) is 16.4. The molecule has 0 aliphatic heterocycles. The Balaban J connectivity index is 1.12. The first-order chi connectivity index (χ1) is 26.5. The molecule has 0 amide bonds. The standard InChI is InChI=1S/C51H35NO2/c1-51(2)43-20-10-9-17-38(43)39-28-27-36(29-44(39)51)52(35-25-23-33(24-26-35)32-13-5-3-6-14-32)45-21-11-19-40-41-30-48-42(31-47(41)54-50(40)45)49-37(18-12-22-46(49)53-48)34-15-7-4-8-16-34/h3-31H,1-2H3. The predicted octanol–water partition coefficient (Wildman–Crippen LogP) is 14.6. The van der Waals surface area contributed by atoms with Gasteiger partial charge in [-0.05, 0) is 93.0 Å². The summed E-state index contributed by atoms with van der Waals surface area (Å²) in [7, 11) is 0. The SMILES string of the molecule is CC1(C)c2ccccc2-c2ccc(N(c3ccc(-c4ccccc4)cc3)c3cccc4c3oc3cc5c(cc34)oc3cccc(-c4ccccc4)c35)cc21. The van der Waals surface area contributed by atoms with Gasteiger partial charge in [-0.2, -0.15) is 0 Å². The molecule has 2 aromatic heterocycles. The molecule has 0 N–H and O–H groups in total. The van der Waals surface area contributed by atoms with Gasteiger partial charge in [0.15, 0.2) is 5.58 Å². The quantitative estimate of drug-likeness (QED) is 0.180. The van der Waals surface area contributed by atoms with Gasteiger partial charge in [-0.15, -0.1) is 0 Å². The van der Waals surface area contributed by atoms with E-state index in [1.54, 1.807) is 0 Å². The lowest BCUT2D eigenvalue weighted by Gasteiger charge is -2.28. The maximum absolute atomic E-state index is 6.97. The van der Waals surface area contributed by atoms with Gasteiger partial charge in [0.25, 0.3) is 0 Å². The van der Waals surface area contributed by atoms with E-state index in [1.165, 1.54) is 33.4 Å². The fourth-order valence-electron chi connectivity index (χ4n) is 8.83. The van der Waals surface area contributed by atoms with Crippen LogP contribution in [0.4, 0.5) is 17.1 Å². The lowest BCUT2D eigenvalue weighted by atomic mass is 9.82. The molecule has 2 heterocycles. The minimum absolute atomic E-state index is 0.133. The van der Waals surface area contributed by atoms with Crippen molar-refractivity contribution >= 4 is 60.9 Å². The number of fused-ring (bicyclic) bond motifs is 9. The Hall–Kier alpha value is -6.84. The van der Waals surface area contributed by atoms with Crippen LogP contribution in [0.25, 0.3) is 77.3 Å². The van der Waals surface area contributed by atoms with Gasteiger partial charge in [0.05, 0.1) is 5.69 Å². The maximum Gasteiger partial charge on any atom is 0.159 e. The Kier molecular flexibility index (Phi) is 6.60. The summed E-state index contributed by atoms with van der Waals surface area (Å²) in [6.45, 7) is 4.67. The topological polar surface area (TPSA) is 29.5 Å². The molecule has 0 spiro atoms. The number of rotatable bonds is 5. The van der Waals surface area contributed by atoms with Gasteiger partial charge in [-0.1, -0.05) is 141 Å². The third kappa shape index (κ3) is 4.55. The second-order valence-corrected chi connectivity index (χ2v) is 14.9. The summed E-state index contributed by atoms with van der Waals surface area (Å²) in [6, 6.07) is 62.8. The van der Waals surface area contributed by atoms with E-state index in [2.05, 4.69) is 195 Å². The highest BCUT2D eigenvalue weighted by molar-refractivity contribution is 6.19. The number of anilines is 3. The van der Waals surface area contributed by atoms with Crippen molar-refractivity contribution in [3.63, 3.8) is 0 Å². The van der Waals surface area contributed by atoms with Crippen molar-refractivity contribution < 1.29 is 8.83 Å². The van der Waals surface area contributed by atoms with Crippen molar-refractivity contribution in [1.82, 2.24) is 0 Å². The summed E-state index contributed by atoms with van der Waals surface area (Å²) in [4.78, 5) is 2.35. The van der Waals surface area contributed by atoms with Crippen molar-refractivity contribution in [2.75, 3.05) is 4.90 Å². The van der Waals surface area contributed by atoms with Gasteiger partial charge in [0.2, 0.25) is 0 Å². The number of benzene rings is 8. The van der Waals surface area contributed by atoms with E-state index in [1.807, 2.05) is 0 Å². The Morgan fingerprint density at radius 2 is 1.04 bits per heavy atom. The zero-order valence-corrected chi connectivity index (χ0v) is 30.0. The first kappa shape index (κ1) is 30.8. The van der Waals surface area contributed by atoms with Crippen LogP contribution in [0.1, 0.15) is 25.0 Å². The molecule has 256 valence electrons. The lowest BCUT2D eigenvalue weighted by Crippen LogP contribution is -2.16. The summed E-state index contributed by atoms with van der Waals surface area (Å²) in [6.07, 6.45) is 0. The molecule has 10 aromatic rings. The molecule has 3 heteroatoms. The second-order valence-electron chi connectivity index (χ2n) is 14.9. The average molecular weight is 694 g/mol. The Morgan fingerprint density at radius 3 is 1.85 bits per heavy atom. The molecule has 8 aromatic carbocycles. The smallest absolute Gasteiger partial charge is 0.159 e. The molecule has 54 heavy (non-hydrogen) atoms. The van der Waals surface area contributed by atoms with Crippen LogP contribution in [0.5, 0.6) is 0 Å². The second kappa shape index (κ2) is 11.6. The summed E-state index contributed by atoms with van der Waals surface area (Å²) >= 11 is 0. The van der Waals surface area contributed by atoms with E-state index in [9.17, 15) is 0 Å². The molecule has 1 aliphatic rings. The fourth-order valence-corrected chi connectivity index (χ4v) is 8.83. The van der Waals surface area contributed by atoms with Crippen molar-refractivity contribution in [2.24, 2.45) is 0 Å². The van der Waals surface area contributed by atoms with Gasteiger partial charge in [0, 0.05) is 38.3 Å². The van der Waals surface area contributed by atoms with Crippen LogP contribution in [0, 0.1) is 0 Å². The first-order valence-electron chi connectivity index (χ1n) is 18.6. The largest absolute Gasteiger partial charge is 0.456 e. The highest BCUT2D eigenvalue weighted by Gasteiger charge is 2.36. The molecule has 0 radical (unpaired) electrons. The van der Waals surface area contributed by atoms with E-state index in [-0.39, 0.29) is 5.41 Å². The molecular formula is C51H35NO2. The zero-order valence-electron chi connectivity index (χ0n) is 30.0. The molecule has 0 saturated heterocycles. The van der Waals surface area contributed by atoms with Crippen LogP contribution in [0.2, 0.25) is 0 Å². The first-order valence-corrected chi connectivity index (χ1v) is 18.6. The normalized spacial score (nSPS) is 13.1. The summed E-state index contributed by atoms with van der Waals surface area (Å²) in [5.74, 6) is 0. The van der Waals surface area contributed by atoms with Crippen molar-refractivity contribution in [3.8, 4) is 33.4 Å². The van der Waals surface area contributed by atoms with Crippen LogP contribution < -0.4 is 4.90 Å². The van der Waals surface area contributed by atoms with E-state index in [0.717, 1.165) is 72.1 Å². The molecule has 0 atom stereocenters. The van der Waals surface area contributed by atoms with Crippen LogP contribution in [0.3, 0.4) is 0 Å². The number of hydrogen-bond acceptors (Lipinski definition) is 3. The highest BCUT2D eigenvalue weighted by atomic mass is 16.3. The third-order valence-electron chi connectivity index (χ3n) is 11.5.